The molecule has 0 saturated heterocycles. The van der Waals surface area contributed by atoms with E-state index < -0.39 is 0 Å². The van der Waals surface area contributed by atoms with Crippen LogP contribution in [0.1, 0.15) is 49.9 Å². The molecule has 1 aromatic heterocycles. The highest BCUT2D eigenvalue weighted by atomic mass is 16.3. The van der Waals surface area contributed by atoms with Gasteiger partial charge in [-0.15, -0.1) is 0 Å². The second-order valence-corrected chi connectivity index (χ2v) is 14.5. The van der Waals surface area contributed by atoms with E-state index in [0.29, 0.717) is 0 Å². The molecule has 0 saturated carbocycles. The van der Waals surface area contributed by atoms with E-state index in [4.69, 9.17) is 4.42 Å². The maximum Gasteiger partial charge on any atom is 0.136 e. The number of furan rings is 1. The Morgan fingerprint density at radius 3 is 1.94 bits per heavy atom. The normalized spacial score (nSPS) is 15.0. The molecule has 48 heavy (non-hydrogen) atoms. The minimum atomic E-state index is -0.0991. The summed E-state index contributed by atoms with van der Waals surface area (Å²) >= 11 is 0. The van der Waals surface area contributed by atoms with Gasteiger partial charge in [-0.05, 0) is 92.2 Å². The summed E-state index contributed by atoms with van der Waals surface area (Å²) in [6, 6.07) is 51.4. The number of anilines is 3. The van der Waals surface area contributed by atoms with Gasteiger partial charge in [-0.3, -0.25) is 0 Å². The lowest BCUT2D eigenvalue weighted by molar-refractivity contribution is 0.660. The van der Waals surface area contributed by atoms with Gasteiger partial charge in [0.05, 0.1) is 5.69 Å². The summed E-state index contributed by atoms with van der Waals surface area (Å²) in [4.78, 5) is 2.48. The van der Waals surface area contributed by atoms with Crippen LogP contribution in [0.4, 0.5) is 17.1 Å². The lowest BCUT2D eigenvalue weighted by Gasteiger charge is -2.30. The van der Waals surface area contributed by atoms with Gasteiger partial charge < -0.3 is 9.32 Å². The van der Waals surface area contributed by atoms with E-state index in [1.807, 2.05) is 0 Å². The van der Waals surface area contributed by atoms with Gasteiger partial charge in [0.2, 0.25) is 0 Å². The van der Waals surface area contributed by atoms with Crippen molar-refractivity contribution in [2.24, 2.45) is 0 Å². The molecule has 0 unspecified atom stereocenters. The molecule has 2 aliphatic rings. The van der Waals surface area contributed by atoms with Crippen LogP contribution in [0.2, 0.25) is 0 Å². The van der Waals surface area contributed by atoms with Crippen molar-refractivity contribution in [2.45, 2.75) is 38.5 Å². The van der Waals surface area contributed by atoms with Gasteiger partial charge in [0, 0.05) is 38.5 Å². The summed E-state index contributed by atoms with van der Waals surface area (Å²) in [7, 11) is 0. The van der Waals surface area contributed by atoms with Crippen molar-refractivity contribution in [2.75, 3.05) is 4.90 Å². The quantitative estimate of drug-likeness (QED) is 0.196. The van der Waals surface area contributed by atoms with E-state index in [9.17, 15) is 0 Å². The van der Waals surface area contributed by atoms with Crippen LogP contribution >= 0.6 is 0 Å². The Bertz CT molecular complexity index is 2630. The molecule has 0 bridgehead atoms. The van der Waals surface area contributed by atoms with Crippen LogP contribution in [0.3, 0.4) is 0 Å². The number of rotatable bonds is 3. The molecule has 10 rings (SSSR count). The summed E-state index contributed by atoms with van der Waals surface area (Å²) in [5.74, 6) is 0. The zero-order valence-corrected chi connectivity index (χ0v) is 27.6. The van der Waals surface area contributed by atoms with Crippen molar-refractivity contribution in [3.8, 4) is 22.3 Å². The Labute approximate surface area is 280 Å². The first kappa shape index (κ1) is 27.5. The maximum atomic E-state index is 6.46. The smallest absolute Gasteiger partial charge is 0.136 e. The predicted octanol–water partition coefficient (Wildman–Crippen LogP) is 12.8. The molecule has 0 fully saturated rings. The number of fused-ring (bicyclic) bond motifs is 11. The molecule has 2 nitrogen and oxygen atoms in total. The number of hydrogen-bond acceptors (Lipinski definition) is 2. The van der Waals surface area contributed by atoms with Crippen LogP contribution in [0.15, 0.2) is 144 Å². The highest BCUT2D eigenvalue weighted by molar-refractivity contribution is 6.19. The Balaban J connectivity index is 1.28. The van der Waals surface area contributed by atoms with Gasteiger partial charge in [0.15, 0.2) is 0 Å². The fourth-order valence-electron chi connectivity index (χ4n) is 8.87. The maximum absolute atomic E-state index is 6.46. The summed E-state index contributed by atoms with van der Waals surface area (Å²) in [6.07, 6.45) is 0. The van der Waals surface area contributed by atoms with E-state index in [1.54, 1.807) is 0 Å². The first-order chi connectivity index (χ1) is 23.3. The standard InChI is InChI=1S/C46H35NO/c1-45(2)36-16-9-7-14-32(36)34-26-29(21-23-38(34)45)47(40-19-11-18-39-44(40)33-15-8-10-17-37(33)46(39,3)4)30-22-25-41-35(27-30)43-31-13-6-5-12-28(31)20-24-42(43)48-41/h5-27H,1-4H3. The van der Waals surface area contributed by atoms with Gasteiger partial charge in [-0.2, -0.15) is 0 Å². The topological polar surface area (TPSA) is 16.4 Å². The highest BCUT2D eigenvalue weighted by Gasteiger charge is 2.39. The molecule has 0 spiro atoms. The fourth-order valence-corrected chi connectivity index (χ4v) is 8.87. The molecule has 7 aromatic carbocycles. The molecule has 0 amide bonds. The SMILES string of the molecule is CC1(C)c2ccccc2-c2cc(N(c3ccc4oc5ccc6ccccc6c5c4c3)c3cccc4c3-c3ccccc3C4(C)C)ccc21. The lowest BCUT2D eigenvalue weighted by Crippen LogP contribution is -2.16. The third kappa shape index (κ3) is 3.58. The van der Waals surface area contributed by atoms with Crippen molar-refractivity contribution in [3.05, 3.63) is 162 Å². The highest BCUT2D eigenvalue weighted by Crippen LogP contribution is 2.56. The first-order valence-corrected chi connectivity index (χ1v) is 16.9. The van der Waals surface area contributed by atoms with E-state index in [2.05, 4.69) is 172 Å². The van der Waals surface area contributed by atoms with Gasteiger partial charge in [-0.1, -0.05) is 125 Å². The second-order valence-electron chi connectivity index (χ2n) is 14.5. The van der Waals surface area contributed by atoms with E-state index in [0.717, 1.165) is 27.9 Å². The van der Waals surface area contributed by atoms with E-state index in [-0.39, 0.29) is 10.8 Å². The summed E-state index contributed by atoms with van der Waals surface area (Å²) in [5, 5.41) is 4.73. The molecule has 0 aliphatic heterocycles. The average Bonchev–Trinajstić information content (AvgIpc) is 3.69. The molecule has 0 N–H and O–H groups in total. The van der Waals surface area contributed by atoms with Gasteiger partial charge in [0.1, 0.15) is 11.2 Å². The Hall–Kier alpha value is -5.60. The summed E-state index contributed by atoms with van der Waals surface area (Å²) < 4.78 is 6.46. The fraction of sp³-hybridized carbons (Fsp3) is 0.130. The number of hydrogen-bond donors (Lipinski definition) is 0. The molecule has 8 aromatic rings. The van der Waals surface area contributed by atoms with Crippen molar-refractivity contribution in [1.82, 2.24) is 0 Å². The van der Waals surface area contributed by atoms with Crippen molar-refractivity contribution >= 4 is 49.8 Å². The molecular weight excluding hydrogens is 583 g/mol. The average molecular weight is 618 g/mol. The largest absolute Gasteiger partial charge is 0.456 e. The Morgan fingerprint density at radius 1 is 0.458 bits per heavy atom. The molecule has 1 heterocycles. The zero-order valence-electron chi connectivity index (χ0n) is 27.6. The van der Waals surface area contributed by atoms with E-state index >= 15 is 0 Å². The van der Waals surface area contributed by atoms with Crippen LogP contribution < -0.4 is 4.90 Å². The van der Waals surface area contributed by atoms with Crippen molar-refractivity contribution in [1.29, 1.82) is 0 Å². The van der Waals surface area contributed by atoms with Crippen LogP contribution in [0, 0.1) is 0 Å². The minimum Gasteiger partial charge on any atom is -0.456 e. The van der Waals surface area contributed by atoms with E-state index in [1.165, 1.54) is 66.4 Å². The first-order valence-electron chi connectivity index (χ1n) is 16.9. The Morgan fingerprint density at radius 2 is 1.08 bits per heavy atom. The van der Waals surface area contributed by atoms with Crippen molar-refractivity contribution in [3.63, 3.8) is 0 Å². The molecular formula is C46H35NO. The lowest BCUT2D eigenvalue weighted by atomic mass is 9.82. The van der Waals surface area contributed by atoms with Crippen LogP contribution in [0.25, 0.3) is 55.0 Å². The zero-order chi connectivity index (χ0) is 32.4. The van der Waals surface area contributed by atoms with Gasteiger partial charge in [-0.25, -0.2) is 0 Å². The molecule has 230 valence electrons. The molecule has 2 aliphatic carbocycles. The second kappa shape index (κ2) is 9.49. The van der Waals surface area contributed by atoms with Crippen LogP contribution in [-0.2, 0) is 10.8 Å². The predicted molar refractivity (Wildman–Crippen MR) is 201 cm³/mol. The number of nitrogens with zero attached hydrogens (tertiary/aromatic N) is 1. The third-order valence-electron chi connectivity index (χ3n) is 11.3. The molecule has 2 heteroatoms. The Kier molecular flexibility index (Phi) is 5.44. The van der Waals surface area contributed by atoms with Gasteiger partial charge >= 0.3 is 0 Å². The van der Waals surface area contributed by atoms with Crippen LogP contribution in [-0.4, -0.2) is 0 Å². The van der Waals surface area contributed by atoms with Crippen molar-refractivity contribution < 1.29 is 4.42 Å². The number of benzene rings is 7. The summed E-state index contributed by atoms with van der Waals surface area (Å²) in [6.45, 7) is 9.41. The molecule has 0 atom stereocenters. The summed E-state index contributed by atoms with van der Waals surface area (Å²) in [5.41, 5.74) is 15.9. The van der Waals surface area contributed by atoms with Gasteiger partial charge in [0.25, 0.3) is 0 Å². The third-order valence-corrected chi connectivity index (χ3v) is 11.3. The molecule has 0 radical (unpaired) electrons. The van der Waals surface area contributed by atoms with Crippen LogP contribution in [0.5, 0.6) is 0 Å². The minimum absolute atomic E-state index is 0.0537. The monoisotopic (exact) mass is 617 g/mol.